The third-order valence-electron chi connectivity index (χ3n) is 7.12. The van der Waals surface area contributed by atoms with E-state index in [1.165, 1.54) is 35.4 Å². The Kier molecular flexibility index (Phi) is 34.1. The van der Waals surface area contributed by atoms with Crippen LogP contribution in [0.25, 0.3) is 0 Å². The molecule has 0 amide bonds. The predicted molar refractivity (Wildman–Crippen MR) is 222 cm³/mol. The van der Waals surface area contributed by atoms with Gasteiger partial charge in [-0.2, -0.15) is 29.3 Å². The quantitative estimate of drug-likeness (QED) is 0.0833. The van der Waals surface area contributed by atoms with Crippen LogP contribution in [0.5, 0.6) is 0 Å². The van der Waals surface area contributed by atoms with Gasteiger partial charge in [-0.1, -0.05) is 55.1 Å². The fourth-order valence-electron chi connectivity index (χ4n) is 4.15. The van der Waals surface area contributed by atoms with Crippen molar-refractivity contribution in [2.24, 2.45) is 0 Å². The molecule has 0 unspecified atom stereocenters. The Bertz CT molecular complexity index is 2620. The molecule has 5 N–H and O–H groups in total. The fourth-order valence-corrected chi connectivity index (χ4v) is 4.15. The van der Waals surface area contributed by atoms with E-state index in [-0.39, 0.29) is 70.2 Å². The average molecular weight is 909 g/mol. The van der Waals surface area contributed by atoms with Crippen LogP contribution in [0.4, 0.5) is 0 Å². The minimum absolute atomic E-state index is 0. The normalized spacial score (nSPS) is 8.79. The van der Waals surface area contributed by atoms with Gasteiger partial charge in [0.15, 0.2) is 0 Å². The van der Waals surface area contributed by atoms with Crippen LogP contribution < -0.4 is 59.1 Å². The Morgan fingerprint density at radius 1 is 0.444 bits per heavy atom. The standard InChI is InChI=1S/C9H8O2.2C9H6O2.2C9H7O.2Na.2O3S/c10-9(11)8-4-2-6-1-3-7(6)5-8;1-2-7-3-5-8(6-4-7)9(10)11;1-2-7-4-3-5-8(6-7)9(10)11;1-2-8-3-5-9(7-10)6-4-8;1-2-8-4-3-5-9(6-8)7-10;;;2*1-4(2)3/h2,4-5H,1,3H2,(H,10,11);2*1,3-6H,(H,10,11);2*1,3-7,10H;;;;/q;;;2*-1;2*+1;;. The van der Waals surface area contributed by atoms with E-state index < -0.39 is 39.1 Å². The monoisotopic (exact) mass is 908 g/mol. The zero-order chi connectivity index (χ0) is 46.3. The summed E-state index contributed by atoms with van der Waals surface area (Å²) in [5.74, 6) is 6.99. The van der Waals surface area contributed by atoms with Gasteiger partial charge in [0.1, 0.15) is 0 Å². The van der Waals surface area contributed by atoms with Crippen LogP contribution in [0.3, 0.4) is 0 Å². The van der Waals surface area contributed by atoms with Gasteiger partial charge in [-0.15, -0.1) is 75.2 Å². The molecule has 5 aromatic rings. The molecule has 0 spiro atoms. The molecule has 0 aromatic heterocycles. The zero-order valence-electron chi connectivity index (χ0n) is 33.6. The smallest absolute Gasteiger partial charge is 0.478 e. The molecule has 14 nitrogen and oxygen atoms in total. The van der Waals surface area contributed by atoms with Crippen LogP contribution in [-0.4, -0.2) is 68.7 Å². The summed E-state index contributed by atoms with van der Waals surface area (Å²) in [7, 11) is -6.22. The second-order valence-corrected chi connectivity index (χ2v) is 11.9. The number of hydrogen-bond acceptors (Lipinski definition) is 11. The third-order valence-corrected chi connectivity index (χ3v) is 7.12. The van der Waals surface area contributed by atoms with E-state index >= 15 is 0 Å². The largest absolute Gasteiger partial charge is 1.00 e. The van der Waals surface area contributed by atoms with Crippen molar-refractivity contribution in [1.29, 1.82) is 0 Å². The van der Waals surface area contributed by atoms with E-state index in [0.717, 1.165) is 48.3 Å². The molecular formula is C45H34Na2O14S2. The van der Waals surface area contributed by atoms with Gasteiger partial charge in [0.05, 0.1) is 16.7 Å². The number of fused-ring (bicyclic) bond motifs is 1. The van der Waals surface area contributed by atoms with Gasteiger partial charge < -0.3 is 25.5 Å². The summed E-state index contributed by atoms with van der Waals surface area (Å²) < 4.78 is 50.7. The molecule has 0 saturated carbocycles. The molecular weight excluding hydrogens is 875 g/mol. The topological polar surface area (TPSA) is 255 Å². The predicted octanol–water partition coefficient (Wildman–Crippen LogP) is -0.684. The number of carbonyl (C=O) groups is 3. The Hall–Kier alpha value is -6.35. The summed E-state index contributed by atoms with van der Waals surface area (Å²) in [6, 6.07) is 32.0. The van der Waals surface area contributed by atoms with E-state index in [2.05, 4.69) is 23.7 Å². The maximum Gasteiger partial charge on any atom is 1.00 e. The summed E-state index contributed by atoms with van der Waals surface area (Å²) in [5, 5.41) is 42.7. The van der Waals surface area contributed by atoms with Crippen molar-refractivity contribution < 1.29 is 124 Å². The Balaban J connectivity index is -0.000000680. The molecule has 0 aliphatic heterocycles. The summed E-state index contributed by atoms with van der Waals surface area (Å²) in [5.41, 5.74) is 7.76. The van der Waals surface area contributed by atoms with Gasteiger partial charge in [0.2, 0.25) is 0 Å². The molecule has 0 fully saturated rings. The number of aromatic carboxylic acids is 3. The van der Waals surface area contributed by atoms with Gasteiger partial charge in [-0.05, 0) is 84.1 Å². The Morgan fingerprint density at radius 2 is 0.810 bits per heavy atom. The number of aliphatic hydroxyl groups excluding tert-OH is 2. The van der Waals surface area contributed by atoms with E-state index in [9.17, 15) is 14.4 Å². The van der Waals surface area contributed by atoms with Gasteiger partial charge in [0.25, 0.3) is 0 Å². The first-order valence-electron chi connectivity index (χ1n) is 16.5. The van der Waals surface area contributed by atoms with Crippen molar-refractivity contribution in [2.75, 3.05) is 0 Å². The second-order valence-electron chi connectivity index (χ2n) is 11.0. The number of carboxylic acids is 3. The van der Waals surface area contributed by atoms with E-state index in [4.69, 9.17) is 76.5 Å². The van der Waals surface area contributed by atoms with Gasteiger partial charge in [-0.3, -0.25) is 0 Å². The molecule has 18 heteroatoms. The molecule has 312 valence electrons. The Labute approximate surface area is 411 Å². The number of benzene rings is 5. The average Bonchev–Trinajstić information content (AvgIpc) is 3.24. The van der Waals surface area contributed by atoms with Crippen molar-refractivity contribution in [3.8, 4) is 49.4 Å². The SMILES string of the molecule is C#Cc1ccc(C(=O)O)cc1.C#Cc1ccc([CH-]O)cc1.C#Cc1cccc(C(=O)O)c1.C#Cc1cccc([CH-]O)c1.O=C(O)c1ccc2c(c1)CC2.O=S(=O)=O.O=S(=O)=O.[Na+].[Na+]. The molecule has 0 heterocycles. The Morgan fingerprint density at radius 3 is 1.17 bits per heavy atom. The van der Waals surface area contributed by atoms with Gasteiger partial charge in [0, 0.05) is 16.7 Å². The van der Waals surface area contributed by atoms with Gasteiger partial charge in [-0.25, -0.2) is 14.4 Å². The summed E-state index contributed by atoms with van der Waals surface area (Å²) in [4.78, 5) is 31.2. The van der Waals surface area contributed by atoms with Crippen molar-refractivity contribution in [2.45, 2.75) is 12.8 Å². The number of aliphatic hydroxyl groups is 2. The molecule has 63 heavy (non-hydrogen) atoms. The number of hydrogen-bond donors (Lipinski definition) is 5. The third kappa shape index (κ3) is 28.0. The molecule has 0 radical (unpaired) electrons. The zero-order valence-corrected chi connectivity index (χ0v) is 39.2. The maximum atomic E-state index is 10.5. The number of rotatable bonds is 5. The fraction of sp³-hybridized carbons (Fsp3) is 0.0444. The first-order chi connectivity index (χ1) is 28.9. The summed E-state index contributed by atoms with van der Waals surface area (Å²) >= 11 is 0. The molecule has 1 aliphatic carbocycles. The van der Waals surface area contributed by atoms with Crippen molar-refractivity contribution >= 4 is 39.1 Å². The van der Waals surface area contributed by atoms with Crippen LogP contribution >= 0.6 is 0 Å². The summed E-state index contributed by atoms with van der Waals surface area (Å²) in [6.45, 7) is 2.07. The second kappa shape index (κ2) is 35.3. The first kappa shape index (κ1) is 61.0. The molecule has 0 bridgehead atoms. The van der Waals surface area contributed by atoms with Crippen LogP contribution in [0.1, 0.15) is 75.6 Å². The van der Waals surface area contributed by atoms with E-state index in [1.54, 1.807) is 78.9 Å². The minimum atomic E-state index is -3.11. The van der Waals surface area contributed by atoms with Crippen LogP contribution in [0.15, 0.2) is 115 Å². The minimum Gasteiger partial charge on any atom is -0.478 e. The van der Waals surface area contributed by atoms with E-state index in [1.807, 2.05) is 12.1 Å². The number of carboxylic acid groups (broad SMARTS) is 3. The van der Waals surface area contributed by atoms with Crippen molar-refractivity contribution in [3.63, 3.8) is 0 Å². The molecule has 0 saturated heterocycles. The summed E-state index contributed by atoms with van der Waals surface area (Å²) in [6.07, 6.45) is 22.5. The molecule has 6 rings (SSSR count). The van der Waals surface area contributed by atoms with Crippen molar-refractivity contribution in [3.05, 3.63) is 190 Å². The first-order valence-corrected chi connectivity index (χ1v) is 18.5. The number of aryl methyl sites for hydroxylation is 2. The molecule has 0 atom stereocenters. The van der Waals surface area contributed by atoms with Gasteiger partial charge >= 0.3 is 98.2 Å². The maximum absolute atomic E-state index is 10.5. The molecule has 1 aliphatic rings. The number of terminal acetylenes is 4. The van der Waals surface area contributed by atoms with E-state index in [0.29, 0.717) is 16.7 Å². The molecule has 5 aromatic carbocycles. The van der Waals surface area contributed by atoms with Crippen LogP contribution in [-0.2, 0) is 34.1 Å². The van der Waals surface area contributed by atoms with Crippen LogP contribution in [0, 0.1) is 62.6 Å². The van der Waals surface area contributed by atoms with Crippen molar-refractivity contribution in [1.82, 2.24) is 0 Å². The van der Waals surface area contributed by atoms with Crippen LogP contribution in [0.2, 0.25) is 0 Å².